The molecule has 1 heterocycles. The number of hydrogen-bond acceptors (Lipinski definition) is 3. The molecular formula is C11H9NO2. The Morgan fingerprint density at radius 2 is 2.00 bits per heavy atom. The molecular weight excluding hydrogens is 178 g/mol. The number of rotatable bonds is 0. The Labute approximate surface area is 81.1 Å². The van der Waals surface area contributed by atoms with Crippen LogP contribution in [0.15, 0.2) is 24.3 Å². The number of ketones is 2. The van der Waals surface area contributed by atoms with Crippen LogP contribution >= 0.6 is 0 Å². The highest BCUT2D eigenvalue weighted by Crippen LogP contribution is 2.45. The lowest BCUT2D eigenvalue weighted by atomic mass is 9.64. The molecule has 1 aliphatic carbocycles. The summed E-state index contributed by atoms with van der Waals surface area (Å²) in [5, 5.41) is 3.17. The highest BCUT2D eigenvalue weighted by Gasteiger charge is 2.57. The maximum atomic E-state index is 11.6. The SMILES string of the molecule is O=C1CC2(CNc3ccccc32)C1=O. The maximum absolute atomic E-state index is 11.6. The summed E-state index contributed by atoms with van der Waals surface area (Å²) in [6.07, 6.45) is 0.371. The van der Waals surface area contributed by atoms with Crippen LogP contribution in [0, 0.1) is 0 Å². The van der Waals surface area contributed by atoms with Crippen molar-refractivity contribution in [1.29, 1.82) is 0 Å². The smallest absolute Gasteiger partial charge is 0.211 e. The summed E-state index contributed by atoms with van der Waals surface area (Å²) in [5.41, 5.74) is 1.46. The van der Waals surface area contributed by atoms with E-state index in [0.717, 1.165) is 11.3 Å². The van der Waals surface area contributed by atoms with Gasteiger partial charge in [-0.05, 0) is 11.6 Å². The molecule has 1 aromatic carbocycles. The van der Waals surface area contributed by atoms with E-state index in [9.17, 15) is 9.59 Å². The molecule has 3 nitrogen and oxygen atoms in total. The first kappa shape index (κ1) is 7.74. The number of benzene rings is 1. The van der Waals surface area contributed by atoms with Crippen LogP contribution in [-0.4, -0.2) is 18.1 Å². The normalized spacial score (nSPS) is 28.6. The molecule has 1 atom stereocenters. The molecule has 1 unspecified atom stereocenters. The average Bonchev–Trinajstić information content (AvgIpc) is 2.60. The summed E-state index contributed by atoms with van der Waals surface area (Å²) >= 11 is 0. The number of carbonyl (C=O) groups excluding carboxylic acids is 2. The minimum Gasteiger partial charge on any atom is -0.383 e. The van der Waals surface area contributed by atoms with Gasteiger partial charge in [0, 0.05) is 18.7 Å². The summed E-state index contributed by atoms with van der Waals surface area (Å²) < 4.78 is 0. The van der Waals surface area contributed by atoms with E-state index in [2.05, 4.69) is 5.32 Å². The fourth-order valence-corrected chi connectivity index (χ4v) is 2.35. The van der Waals surface area contributed by atoms with Crippen molar-refractivity contribution in [2.75, 3.05) is 11.9 Å². The molecule has 0 aromatic heterocycles. The molecule has 1 N–H and O–H groups in total. The Kier molecular flexibility index (Phi) is 1.23. The Morgan fingerprint density at radius 1 is 1.21 bits per heavy atom. The highest BCUT2D eigenvalue weighted by atomic mass is 16.2. The lowest BCUT2D eigenvalue weighted by Gasteiger charge is -2.34. The Balaban J connectivity index is 2.15. The van der Waals surface area contributed by atoms with Gasteiger partial charge in [-0.15, -0.1) is 0 Å². The number of carbonyl (C=O) groups is 2. The van der Waals surface area contributed by atoms with Gasteiger partial charge in [0.25, 0.3) is 0 Å². The number of nitrogens with one attached hydrogen (secondary N) is 1. The molecule has 0 saturated heterocycles. The fraction of sp³-hybridized carbons (Fsp3) is 0.273. The molecule has 1 spiro atoms. The highest BCUT2D eigenvalue weighted by molar-refractivity contribution is 6.48. The van der Waals surface area contributed by atoms with Crippen LogP contribution in [0.3, 0.4) is 0 Å². The zero-order valence-corrected chi connectivity index (χ0v) is 7.54. The maximum Gasteiger partial charge on any atom is 0.211 e. The van der Waals surface area contributed by atoms with Crippen molar-refractivity contribution in [2.24, 2.45) is 0 Å². The Morgan fingerprint density at radius 3 is 2.71 bits per heavy atom. The van der Waals surface area contributed by atoms with E-state index in [1.807, 2.05) is 24.3 Å². The number of anilines is 1. The summed E-state index contributed by atoms with van der Waals surface area (Å²) in [6, 6.07) is 7.71. The van der Waals surface area contributed by atoms with Crippen molar-refractivity contribution in [2.45, 2.75) is 11.8 Å². The monoisotopic (exact) mass is 187 g/mol. The Hall–Kier alpha value is -1.64. The standard InChI is InChI=1S/C11H9NO2/c13-9-5-11(10(9)14)6-12-8-4-2-1-3-7(8)11/h1-4,12H,5-6H2. The number of hydrogen-bond donors (Lipinski definition) is 1. The van der Waals surface area contributed by atoms with Crippen LogP contribution in [0.4, 0.5) is 5.69 Å². The van der Waals surface area contributed by atoms with E-state index in [1.165, 1.54) is 0 Å². The fourth-order valence-electron chi connectivity index (χ4n) is 2.35. The largest absolute Gasteiger partial charge is 0.383 e. The van der Waals surface area contributed by atoms with E-state index >= 15 is 0 Å². The second-order valence-corrected chi connectivity index (χ2v) is 3.91. The molecule has 0 radical (unpaired) electrons. The lowest BCUT2D eigenvalue weighted by molar-refractivity contribution is -0.148. The third kappa shape index (κ3) is 0.687. The van der Waals surface area contributed by atoms with Gasteiger partial charge in [-0.3, -0.25) is 9.59 Å². The third-order valence-corrected chi connectivity index (χ3v) is 3.17. The van der Waals surface area contributed by atoms with Crippen LogP contribution in [0.25, 0.3) is 0 Å². The van der Waals surface area contributed by atoms with Gasteiger partial charge in [0.2, 0.25) is 11.6 Å². The van der Waals surface area contributed by atoms with Crippen molar-refractivity contribution in [1.82, 2.24) is 0 Å². The van der Waals surface area contributed by atoms with Crippen LogP contribution in [-0.2, 0) is 15.0 Å². The van der Waals surface area contributed by atoms with Crippen LogP contribution in [0.2, 0.25) is 0 Å². The van der Waals surface area contributed by atoms with Crippen molar-refractivity contribution < 1.29 is 9.59 Å². The molecule has 14 heavy (non-hydrogen) atoms. The van der Waals surface area contributed by atoms with Crippen LogP contribution in [0.5, 0.6) is 0 Å². The molecule has 1 aromatic rings. The van der Waals surface area contributed by atoms with E-state index in [1.54, 1.807) is 0 Å². The molecule has 0 amide bonds. The quantitative estimate of drug-likeness (QED) is 0.613. The average molecular weight is 187 g/mol. The molecule has 0 bridgehead atoms. The molecule has 1 saturated carbocycles. The number of fused-ring (bicyclic) bond motifs is 2. The summed E-state index contributed by atoms with van der Waals surface area (Å²) in [5.74, 6) is -0.460. The van der Waals surface area contributed by atoms with Gasteiger partial charge < -0.3 is 5.32 Å². The molecule has 1 aliphatic heterocycles. The van der Waals surface area contributed by atoms with Crippen LogP contribution in [0.1, 0.15) is 12.0 Å². The zero-order chi connectivity index (χ0) is 9.76. The zero-order valence-electron chi connectivity index (χ0n) is 7.54. The van der Waals surface area contributed by atoms with E-state index in [4.69, 9.17) is 0 Å². The molecule has 70 valence electrons. The van der Waals surface area contributed by atoms with Gasteiger partial charge in [-0.1, -0.05) is 18.2 Å². The van der Waals surface area contributed by atoms with Gasteiger partial charge in [0.1, 0.15) is 0 Å². The first-order chi connectivity index (χ1) is 6.74. The van der Waals surface area contributed by atoms with E-state index in [-0.39, 0.29) is 11.6 Å². The van der Waals surface area contributed by atoms with E-state index < -0.39 is 5.41 Å². The van der Waals surface area contributed by atoms with Crippen molar-refractivity contribution >= 4 is 17.3 Å². The third-order valence-electron chi connectivity index (χ3n) is 3.17. The minimum atomic E-state index is -0.520. The van der Waals surface area contributed by atoms with Crippen molar-refractivity contribution in [3.8, 4) is 0 Å². The number of para-hydroxylation sites is 1. The van der Waals surface area contributed by atoms with Crippen molar-refractivity contribution in [3.63, 3.8) is 0 Å². The van der Waals surface area contributed by atoms with Crippen molar-refractivity contribution in [3.05, 3.63) is 29.8 Å². The second-order valence-electron chi connectivity index (χ2n) is 3.91. The first-order valence-corrected chi connectivity index (χ1v) is 4.65. The predicted molar refractivity (Wildman–Crippen MR) is 51.2 cm³/mol. The topological polar surface area (TPSA) is 46.2 Å². The van der Waals surface area contributed by atoms with Gasteiger partial charge in [0.05, 0.1) is 5.41 Å². The predicted octanol–water partition coefficient (Wildman–Crippen LogP) is 0.892. The molecule has 2 aliphatic rings. The summed E-state index contributed by atoms with van der Waals surface area (Å²) in [7, 11) is 0. The van der Waals surface area contributed by atoms with Gasteiger partial charge >= 0.3 is 0 Å². The Bertz CT molecular complexity index is 452. The van der Waals surface area contributed by atoms with Gasteiger partial charge in [-0.25, -0.2) is 0 Å². The first-order valence-electron chi connectivity index (χ1n) is 4.65. The molecule has 3 rings (SSSR count). The van der Waals surface area contributed by atoms with Crippen LogP contribution < -0.4 is 5.32 Å². The molecule has 1 fully saturated rings. The van der Waals surface area contributed by atoms with Gasteiger partial charge in [-0.2, -0.15) is 0 Å². The molecule has 3 heteroatoms. The lowest BCUT2D eigenvalue weighted by Crippen LogP contribution is -2.54. The summed E-state index contributed by atoms with van der Waals surface area (Å²) in [6.45, 7) is 0.580. The second kappa shape index (κ2) is 2.23. The van der Waals surface area contributed by atoms with Gasteiger partial charge in [0.15, 0.2) is 0 Å². The van der Waals surface area contributed by atoms with E-state index in [0.29, 0.717) is 13.0 Å². The summed E-state index contributed by atoms with van der Waals surface area (Å²) in [4.78, 5) is 22.6. The minimum absolute atomic E-state index is 0.227. The number of Topliss-reactive ketones (excluding diaryl/α,β-unsaturated/α-hetero) is 2.